The lowest BCUT2D eigenvalue weighted by atomic mass is 9.98. The molecule has 19 heavy (non-hydrogen) atoms. The third-order valence-electron chi connectivity index (χ3n) is 3.06. The van der Waals surface area contributed by atoms with Crippen molar-refractivity contribution >= 4 is 5.69 Å². The van der Waals surface area contributed by atoms with E-state index >= 15 is 0 Å². The molecule has 0 aliphatic heterocycles. The van der Waals surface area contributed by atoms with Crippen LogP contribution in [0.1, 0.15) is 30.9 Å². The first-order valence-corrected chi connectivity index (χ1v) is 6.31. The molecular formula is C16H18FNO. The molecule has 2 rings (SSSR count). The molecule has 0 radical (unpaired) electrons. The molecular weight excluding hydrogens is 241 g/mol. The summed E-state index contributed by atoms with van der Waals surface area (Å²) in [4.78, 5) is 0. The van der Waals surface area contributed by atoms with Gasteiger partial charge in [-0.1, -0.05) is 19.9 Å². The minimum Gasteiger partial charge on any atom is -0.455 e. The fourth-order valence-electron chi connectivity index (χ4n) is 2.10. The van der Waals surface area contributed by atoms with Gasteiger partial charge < -0.3 is 10.5 Å². The van der Waals surface area contributed by atoms with Gasteiger partial charge in [-0.3, -0.25) is 0 Å². The Bertz CT molecular complexity index is 593. The highest BCUT2D eigenvalue weighted by Crippen LogP contribution is 2.30. The van der Waals surface area contributed by atoms with Gasteiger partial charge in [0.1, 0.15) is 11.6 Å². The fourth-order valence-corrected chi connectivity index (χ4v) is 2.10. The van der Waals surface area contributed by atoms with E-state index in [0.29, 0.717) is 23.1 Å². The first-order valence-electron chi connectivity index (χ1n) is 6.31. The van der Waals surface area contributed by atoms with Crippen molar-refractivity contribution in [2.24, 2.45) is 0 Å². The van der Waals surface area contributed by atoms with Crippen LogP contribution in [0.3, 0.4) is 0 Å². The van der Waals surface area contributed by atoms with E-state index in [4.69, 9.17) is 10.5 Å². The molecule has 0 unspecified atom stereocenters. The second kappa shape index (κ2) is 5.31. The summed E-state index contributed by atoms with van der Waals surface area (Å²) in [5, 5.41) is 0. The van der Waals surface area contributed by atoms with Gasteiger partial charge in [-0.05, 0) is 48.2 Å². The summed E-state index contributed by atoms with van der Waals surface area (Å²) in [6.07, 6.45) is 0. The van der Waals surface area contributed by atoms with Crippen LogP contribution in [0.2, 0.25) is 0 Å². The minimum absolute atomic E-state index is 0.297. The van der Waals surface area contributed by atoms with Crippen molar-refractivity contribution in [1.82, 2.24) is 0 Å². The van der Waals surface area contributed by atoms with Crippen molar-refractivity contribution in [3.8, 4) is 11.5 Å². The number of nitrogens with two attached hydrogens (primary N) is 1. The number of aryl methyl sites for hydroxylation is 1. The molecule has 100 valence electrons. The zero-order chi connectivity index (χ0) is 14.0. The van der Waals surface area contributed by atoms with Gasteiger partial charge in [-0.15, -0.1) is 0 Å². The Morgan fingerprint density at radius 2 is 1.84 bits per heavy atom. The van der Waals surface area contributed by atoms with E-state index in [1.165, 1.54) is 29.3 Å². The van der Waals surface area contributed by atoms with E-state index in [9.17, 15) is 4.39 Å². The predicted molar refractivity (Wildman–Crippen MR) is 76.2 cm³/mol. The highest BCUT2D eigenvalue weighted by Gasteiger charge is 2.07. The standard InChI is InChI=1S/C16H18FNO/c1-10(2)14-6-5-13(8-11(14)3)19-16-7-4-12(17)9-15(16)18/h4-10H,18H2,1-3H3. The van der Waals surface area contributed by atoms with Gasteiger partial charge in [0.25, 0.3) is 0 Å². The Labute approximate surface area is 113 Å². The van der Waals surface area contributed by atoms with Crippen LogP contribution < -0.4 is 10.5 Å². The van der Waals surface area contributed by atoms with Crippen molar-refractivity contribution < 1.29 is 9.13 Å². The van der Waals surface area contributed by atoms with Gasteiger partial charge in [0, 0.05) is 6.07 Å². The lowest BCUT2D eigenvalue weighted by Crippen LogP contribution is -1.95. The van der Waals surface area contributed by atoms with Crippen molar-refractivity contribution in [3.05, 3.63) is 53.3 Å². The number of benzene rings is 2. The SMILES string of the molecule is Cc1cc(Oc2ccc(F)cc2N)ccc1C(C)C. The first-order chi connectivity index (χ1) is 8.97. The van der Waals surface area contributed by atoms with Gasteiger partial charge in [-0.2, -0.15) is 0 Å². The topological polar surface area (TPSA) is 35.2 Å². The average Bonchev–Trinajstić information content (AvgIpc) is 2.32. The summed E-state index contributed by atoms with van der Waals surface area (Å²) in [5.74, 6) is 1.29. The maximum Gasteiger partial charge on any atom is 0.150 e. The summed E-state index contributed by atoms with van der Waals surface area (Å²) in [7, 11) is 0. The molecule has 2 aromatic rings. The van der Waals surface area contributed by atoms with Gasteiger partial charge >= 0.3 is 0 Å². The second-order valence-electron chi connectivity index (χ2n) is 4.96. The van der Waals surface area contributed by atoms with Crippen LogP contribution in [0.5, 0.6) is 11.5 Å². The molecule has 0 fully saturated rings. The third-order valence-corrected chi connectivity index (χ3v) is 3.06. The molecule has 2 N–H and O–H groups in total. The molecule has 0 heterocycles. The lowest BCUT2D eigenvalue weighted by Gasteiger charge is -2.13. The van der Waals surface area contributed by atoms with E-state index in [1.54, 1.807) is 0 Å². The predicted octanol–water partition coefficient (Wildman–Crippen LogP) is 4.63. The second-order valence-corrected chi connectivity index (χ2v) is 4.96. The number of hydrogen-bond acceptors (Lipinski definition) is 2. The normalized spacial score (nSPS) is 10.8. The number of anilines is 1. The molecule has 0 aliphatic carbocycles. The molecule has 2 aromatic carbocycles. The molecule has 0 spiro atoms. The molecule has 0 atom stereocenters. The Morgan fingerprint density at radius 1 is 1.11 bits per heavy atom. The van der Waals surface area contributed by atoms with E-state index in [-0.39, 0.29) is 5.82 Å². The van der Waals surface area contributed by atoms with Crippen molar-refractivity contribution in [1.29, 1.82) is 0 Å². The summed E-state index contributed by atoms with van der Waals surface area (Å²) >= 11 is 0. The number of halogens is 1. The molecule has 0 saturated carbocycles. The fraction of sp³-hybridized carbons (Fsp3) is 0.250. The van der Waals surface area contributed by atoms with Crippen LogP contribution in [0.4, 0.5) is 10.1 Å². The Morgan fingerprint density at radius 3 is 2.42 bits per heavy atom. The number of nitrogen functional groups attached to an aromatic ring is 1. The summed E-state index contributed by atoms with van der Waals surface area (Å²) in [6, 6.07) is 10.1. The highest BCUT2D eigenvalue weighted by atomic mass is 19.1. The molecule has 2 nitrogen and oxygen atoms in total. The van der Waals surface area contributed by atoms with Crippen LogP contribution >= 0.6 is 0 Å². The van der Waals surface area contributed by atoms with E-state index in [1.807, 2.05) is 12.1 Å². The lowest BCUT2D eigenvalue weighted by molar-refractivity contribution is 0.482. The van der Waals surface area contributed by atoms with Gasteiger partial charge in [-0.25, -0.2) is 4.39 Å². The summed E-state index contributed by atoms with van der Waals surface area (Å²) in [5.41, 5.74) is 8.48. The van der Waals surface area contributed by atoms with Gasteiger partial charge in [0.15, 0.2) is 5.75 Å². The molecule has 0 aliphatic rings. The van der Waals surface area contributed by atoms with Crippen LogP contribution in [0, 0.1) is 12.7 Å². The minimum atomic E-state index is -0.365. The monoisotopic (exact) mass is 259 g/mol. The Hall–Kier alpha value is -2.03. The zero-order valence-electron chi connectivity index (χ0n) is 11.4. The average molecular weight is 259 g/mol. The maximum atomic E-state index is 13.0. The molecule has 0 bridgehead atoms. The zero-order valence-corrected chi connectivity index (χ0v) is 11.4. The molecule has 0 saturated heterocycles. The molecule has 0 aromatic heterocycles. The van der Waals surface area contributed by atoms with Crippen LogP contribution in [-0.2, 0) is 0 Å². The number of ether oxygens (including phenoxy) is 1. The highest BCUT2D eigenvalue weighted by molar-refractivity contribution is 5.54. The quantitative estimate of drug-likeness (QED) is 0.815. The van der Waals surface area contributed by atoms with Crippen molar-refractivity contribution in [3.63, 3.8) is 0 Å². The van der Waals surface area contributed by atoms with Crippen LogP contribution in [0.15, 0.2) is 36.4 Å². The first kappa shape index (κ1) is 13.4. The number of rotatable bonds is 3. The Kier molecular flexibility index (Phi) is 3.74. The molecule has 3 heteroatoms. The van der Waals surface area contributed by atoms with E-state index in [0.717, 1.165) is 0 Å². The maximum absolute atomic E-state index is 13.0. The summed E-state index contributed by atoms with van der Waals surface area (Å²) in [6.45, 7) is 6.36. The summed E-state index contributed by atoms with van der Waals surface area (Å²) < 4.78 is 18.6. The smallest absolute Gasteiger partial charge is 0.150 e. The van der Waals surface area contributed by atoms with Crippen LogP contribution in [0.25, 0.3) is 0 Å². The van der Waals surface area contributed by atoms with E-state index in [2.05, 4.69) is 26.8 Å². The Balaban J connectivity index is 2.26. The molecule has 0 amide bonds. The van der Waals surface area contributed by atoms with E-state index < -0.39 is 0 Å². The third kappa shape index (κ3) is 3.05. The van der Waals surface area contributed by atoms with Gasteiger partial charge in [0.05, 0.1) is 5.69 Å². The largest absolute Gasteiger partial charge is 0.455 e. The van der Waals surface area contributed by atoms with Crippen molar-refractivity contribution in [2.45, 2.75) is 26.7 Å². The number of hydrogen-bond donors (Lipinski definition) is 1. The van der Waals surface area contributed by atoms with Crippen molar-refractivity contribution in [2.75, 3.05) is 5.73 Å². The van der Waals surface area contributed by atoms with Gasteiger partial charge in [0.2, 0.25) is 0 Å². The van der Waals surface area contributed by atoms with Crippen LogP contribution in [-0.4, -0.2) is 0 Å².